The maximum atomic E-state index is 12.9. The second kappa shape index (κ2) is 8.54. The lowest BCUT2D eigenvalue weighted by molar-refractivity contribution is -0.125. The number of likely N-dealkylation sites (tertiary alicyclic amines) is 1. The molecular formula is C18H29ClN2O. The highest BCUT2D eigenvalue weighted by molar-refractivity contribution is 5.96. The van der Waals surface area contributed by atoms with E-state index in [4.69, 9.17) is 0 Å². The molecule has 0 aliphatic carbocycles. The van der Waals surface area contributed by atoms with E-state index in [1.807, 2.05) is 24.1 Å². The Balaban J connectivity index is 0.00000242. The Kier molecular flexibility index (Phi) is 7.37. The molecule has 1 unspecified atom stereocenters. The van der Waals surface area contributed by atoms with Crippen molar-refractivity contribution < 1.29 is 4.79 Å². The zero-order chi connectivity index (χ0) is 15.4. The quantitative estimate of drug-likeness (QED) is 0.834. The van der Waals surface area contributed by atoms with E-state index in [9.17, 15) is 4.79 Å². The fraction of sp³-hybridized carbons (Fsp3) is 0.611. The number of benzene rings is 1. The third-order valence-corrected chi connectivity index (χ3v) is 4.58. The molecule has 4 heteroatoms. The molecule has 1 aliphatic heterocycles. The van der Waals surface area contributed by atoms with Crippen molar-refractivity contribution in [1.82, 2.24) is 4.90 Å². The van der Waals surface area contributed by atoms with Crippen LogP contribution in [0.1, 0.15) is 45.1 Å². The summed E-state index contributed by atoms with van der Waals surface area (Å²) in [6, 6.07) is 8.74. The zero-order valence-electron chi connectivity index (χ0n) is 14.2. The van der Waals surface area contributed by atoms with Gasteiger partial charge in [0.05, 0.1) is 6.04 Å². The van der Waals surface area contributed by atoms with E-state index in [1.165, 1.54) is 12.0 Å². The number of hydrogen-bond acceptors (Lipinski definition) is 2. The van der Waals surface area contributed by atoms with Crippen LogP contribution >= 0.6 is 12.4 Å². The van der Waals surface area contributed by atoms with Crippen LogP contribution in [0.15, 0.2) is 24.3 Å². The normalized spacial score (nSPS) is 22.0. The van der Waals surface area contributed by atoms with E-state index in [1.54, 1.807) is 0 Å². The number of likely N-dealkylation sites (N-methyl/N-ethyl adjacent to an activating group) is 1. The summed E-state index contributed by atoms with van der Waals surface area (Å²) in [6.07, 6.45) is 4.44. The summed E-state index contributed by atoms with van der Waals surface area (Å²) < 4.78 is 0. The van der Waals surface area contributed by atoms with Gasteiger partial charge in [0.1, 0.15) is 0 Å². The maximum Gasteiger partial charge on any atom is 0.244 e. The Hall–Kier alpha value is -1.06. The number of halogens is 1. The highest BCUT2D eigenvalue weighted by Crippen LogP contribution is 2.26. The van der Waals surface area contributed by atoms with Crippen LogP contribution in [-0.4, -0.2) is 36.5 Å². The average molecular weight is 325 g/mol. The lowest BCUT2D eigenvalue weighted by Gasteiger charge is -2.41. The molecule has 2 rings (SSSR count). The summed E-state index contributed by atoms with van der Waals surface area (Å²) in [5.74, 6) is 0.235. The summed E-state index contributed by atoms with van der Waals surface area (Å²) in [5.41, 5.74) is 2.21. The van der Waals surface area contributed by atoms with Crippen molar-refractivity contribution in [2.45, 2.75) is 58.5 Å². The number of anilines is 1. The summed E-state index contributed by atoms with van der Waals surface area (Å²) >= 11 is 0. The molecule has 0 bridgehead atoms. The van der Waals surface area contributed by atoms with Gasteiger partial charge in [0.25, 0.3) is 0 Å². The Morgan fingerprint density at radius 1 is 1.27 bits per heavy atom. The molecule has 3 nitrogen and oxygen atoms in total. The fourth-order valence-corrected chi connectivity index (χ4v) is 3.26. The molecule has 0 spiro atoms. The lowest BCUT2D eigenvalue weighted by atomic mass is 9.95. The third kappa shape index (κ3) is 4.23. The minimum absolute atomic E-state index is 0. The Bertz CT molecular complexity index is 474. The maximum absolute atomic E-state index is 12.9. The molecule has 0 aromatic heterocycles. The molecule has 1 heterocycles. The Labute approximate surface area is 141 Å². The van der Waals surface area contributed by atoms with Gasteiger partial charge < -0.3 is 4.90 Å². The standard InChI is InChI=1S/C18H28N2O.ClH/c1-5-13-20-15(3)7-6-8-17(20)18(21)19(4)16-11-9-14(2)10-12-16;/h9-12,15,17H,5-8,13H2,1-4H3;1H/t15?,17-;/m0./s1. The van der Waals surface area contributed by atoms with Crippen LogP contribution < -0.4 is 4.90 Å². The Morgan fingerprint density at radius 3 is 2.50 bits per heavy atom. The van der Waals surface area contributed by atoms with E-state index >= 15 is 0 Å². The van der Waals surface area contributed by atoms with Crippen molar-refractivity contribution in [3.8, 4) is 0 Å². The van der Waals surface area contributed by atoms with Gasteiger partial charge in [-0.05, 0) is 58.2 Å². The van der Waals surface area contributed by atoms with Crippen molar-refractivity contribution in [1.29, 1.82) is 0 Å². The molecule has 1 fully saturated rings. The topological polar surface area (TPSA) is 23.6 Å². The summed E-state index contributed by atoms with van der Waals surface area (Å²) in [6.45, 7) is 7.52. The predicted octanol–water partition coefficient (Wildman–Crippen LogP) is 4.03. The van der Waals surface area contributed by atoms with Crippen LogP contribution in [0, 0.1) is 6.92 Å². The van der Waals surface area contributed by atoms with E-state index in [-0.39, 0.29) is 24.4 Å². The van der Waals surface area contributed by atoms with Crippen LogP contribution in [0.2, 0.25) is 0 Å². The van der Waals surface area contributed by atoms with Crippen molar-refractivity contribution in [2.24, 2.45) is 0 Å². The summed E-state index contributed by atoms with van der Waals surface area (Å²) in [7, 11) is 1.90. The van der Waals surface area contributed by atoms with E-state index in [0.717, 1.165) is 31.5 Å². The molecular weight excluding hydrogens is 296 g/mol. The summed E-state index contributed by atoms with van der Waals surface area (Å²) in [4.78, 5) is 17.1. The first kappa shape index (κ1) is 19.0. The predicted molar refractivity (Wildman–Crippen MR) is 95.9 cm³/mol. The second-order valence-corrected chi connectivity index (χ2v) is 6.27. The molecule has 22 heavy (non-hydrogen) atoms. The number of hydrogen-bond donors (Lipinski definition) is 0. The monoisotopic (exact) mass is 324 g/mol. The molecule has 2 atom stereocenters. The van der Waals surface area contributed by atoms with Crippen LogP contribution in [0.5, 0.6) is 0 Å². The molecule has 0 radical (unpaired) electrons. The number of piperidine rings is 1. The van der Waals surface area contributed by atoms with Crippen LogP contribution in [0.4, 0.5) is 5.69 Å². The van der Waals surface area contributed by atoms with E-state index in [0.29, 0.717) is 6.04 Å². The number of rotatable bonds is 4. The van der Waals surface area contributed by atoms with Crippen molar-refractivity contribution in [2.75, 3.05) is 18.5 Å². The minimum atomic E-state index is 0. The average Bonchev–Trinajstić information content (AvgIpc) is 2.49. The second-order valence-electron chi connectivity index (χ2n) is 6.27. The molecule has 1 aromatic rings. The van der Waals surface area contributed by atoms with Crippen LogP contribution in [0.3, 0.4) is 0 Å². The van der Waals surface area contributed by atoms with Gasteiger partial charge in [-0.3, -0.25) is 9.69 Å². The van der Waals surface area contributed by atoms with E-state index < -0.39 is 0 Å². The molecule has 1 aromatic carbocycles. The van der Waals surface area contributed by atoms with Gasteiger partial charge in [0.2, 0.25) is 5.91 Å². The largest absolute Gasteiger partial charge is 0.314 e. The van der Waals surface area contributed by atoms with Gasteiger partial charge in [-0.2, -0.15) is 0 Å². The van der Waals surface area contributed by atoms with Crippen molar-refractivity contribution >= 4 is 24.0 Å². The van der Waals surface area contributed by atoms with Gasteiger partial charge >= 0.3 is 0 Å². The summed E-state index contributed by atoms with van der Waals surface area (Å²) in [5, 5.41) is 0. The highest BCUT2D eigenvalue weighted by Gasteiger charge is 2.34. The molecule has 1 amide bonds. The number of aryl methyl sites for hydroxylation is 1. The highest BCUT2D eigenvalue weighted by atomic mass is 35.5. The van der Waals surface area contributed by atoms with Gasteiger partial charge in [-0.1, -0.05) is 24.6 Å². The first-order valence-corrected chi connectivity index (χ1v) is 8.14. The molecule has 0 N–H and O–H groups in total. The van der Waals surface area contributed by atoms with Gasteiger partial charge in [0.15, 0.2) is 0 Å². The Morgan fingerprint density at radius 2 is 1.91 bits per heavy atom. The first-order chi connectivity index (χ1) is 10.0. The SMILES string of the molecule is CCCN1C(C)CCC[C@H]1C(=O)N(C)c1ccc(C)cc1.Cl. The van der Waals surface area contributed by atoms with Gasteiger partial charge in [0, 0.05) is 18.8 Å². The lowest BCUT2D eigenvalue weighted by Crippen LogP contribution is -2.53. The minimum Gasteiger partial charge on any atom is -0.314 e. The molecule has 0 saturated carbocycles. The molecule has 1 saturated heterocycles. The first-order valence-electron chi connectivity index (χ1n) is 8.14. The van der Waals surface area contributed by atoms with Crippen LogP contribution in [0.25, 0.3) is 0 Å². The number of carbonyl (C=O) groups is 1. The zero-order valence-corrected chi connectivity index (χ0v) is 15.0. The number of nitrogens with zero attached hydrogens (tertiary/aromatic N) is 2. The van der Waals surface area contributed by atoms with Crippen molar-refractivity contribution in [3.63, 3.8) is 0 Å². The third-order valence-electron chi connectivity index (χ3n) is 4.58. The molecule has 1 aliphatic rings. The fourth-order valence-electron chi connectivity index (χ4n) is 3.26. The van der Waals surface area contributed by atoms with Crippen LogP contribution in [-0.2, 0) is 4.79 Å². The van der Waals surface area contributed by atoms with Gasteiger partial charge in [-0.25, -0.2) is 0 Å². The number of amides is 1. The molecule has 124 valence electrons. The van der Waals surface area contributed by atoms with Gasteiger partial charge in [-0.15, -0.1) is 12.4 Å². The smallest absolute Gasteiger partial charge is 0.244 e. The number of carbonyl (C=O) groups excluding carboxylic acids is 1. The van der Waals surface area contributed by atoms with Crippen molar-refractivity contribution in [3.05, 3.63) is 29.8 Å². The van der Waals surface area contributed by atoms with E-state index in [2.05, 4.69) is 37.8 Å².